The number of carbonyl (C=O) groups excluding carboxylic acids is 1. The number of benzene rings is 3. The number of para-hydroxylation sites is 3. The molecule has 0 radical (unpaired) electrons. The van der Waals surface area contributed by atoms with Crippen LogP contribution in [-0.4, -0.2) is 27.5 Å². The molecule has 0 N–H and O–H groups in total. The summed E-state index contributed by atoms with van der Waals surface area (Å²) < 4.78 is 44.5. The van der Waals surface area contributed by atoms with Crippen molar-refractivity contribution in [2.75, 3.05) is 4.90 Å². The van der Waals surface area contributed by atoms with Crippen molar-refractivity contribution in [1.29, 1.82) is 0 Å². The second-order valence-corrected chi connectivity index (χ2v) is 9.19. The standard InChI is InChI=1S/C27H19F3N4O2S/c1-16-12-17(10-11-24(16)36-27(29)30)25-32-13-18(37-25)15-34(23-9-5-2-6-19(23)28)26(35)22-14-31-20-7-3-4-8-21(20)33-22/h2-14,27H,15H2,1H3. The Morgan fingerprint density at radius 3 is 2.51 bits per heavy atom. The molecule has 0 spiro atoms. The van der Waals surface area contributed by atoms with Gasteiger partial charge >= 0.3 is 6.61 Å². The maximum Gasteiger partial charge on any atom is 0.387 e. The molecule has 0 atom stereocenters. The number of hydrogen-bond acceptors (Lipinski definition) is 6. The van der Waals surface area contributed by atoms with Gasteiger partial charge in [-0.15, -0.1) is 11.3 Å². The van der Waals surface area contributed by atoms with E-state index in [1.807, 2.05) is 6.07 Å². The Hall–Kier alpha value is -4.31. The number of aryl methyl sites for hydroxylation is 1. The molecule has 0 aliphatic carbocycles. The summed E-state index contributed by atoms with van der Waals surface area (Å²) in [5, 5.41) is 0.619. The van der Waals surface area contributed by atoms with E-state index >= 15 is 0 Å². The molecule has 6 nitrogen and oxygen atoms in total. The first-order valence-corrected chi connectivity index (χ1v) is 12.0. The van der Waals surface area contributed by atoms with E-state index in [9.17, 15) is 18.0 Å². The van der Waals surface area contributed by atoms with Crippen molar-refractivity contribution in [2.24, 2.45) is 0 Å². The SMILES string of the molecule is Cc1cc(-c2ncc(CN(C(=O)c3cnc4ccccc4n3)c3ccccc3F)s2)ccc1OC(F)F. The monoisotopic (exact) mass is 520 g/mol. The molecule has 2 heterocycles. The molecule has 186 valence electrons. The van der Waals surface area contributed by atoms with Gasteiger partial charge in [-0.05, 0) is 55.0 Å². The topological polar surface area (TPSA) is 68.2 Å². The Bertz CT molecular complexity index is 1590. The summed E-state index contributed by atoms with van der Waals surface area (Å²) in [7, 11) is 0. The average molecular weight is 521 g/mol. The number of fused-ring (bicyclic) bond motifs is 1. The van der Waals surface area contributed by atoms with Crippen LogP contribution in [0, 0.1) is 12.7 Å². The van der Waals surface area contributed by atoms with Crippen LogP contribution in [0.4, 0.5) is 18.9 Å². The van der Waals surface area contributed by atoms with Crippen LogP contribution in [0.5, 0.6) is 5.75 Å². The van der Waals surface area contributed by atoms with Crippen LogP contribution in [0.1, 0.15) is 20.9 Å². The highest BCUT2D eigenvalue weighted by Crippen LogP contribution is 2.32. The van der Waals surface area contributed by atoms with Gasteiger partial charge in [-0.1, -0.05) is 24.3 Å². The molecule has 0 fully saturated rings. The molecule has 5 rings (SSSR count). The number of hydrogen-bond donors (Lipinski definition) is 0. The first-order chi connectivity index (χ1) is 17.9. The lowest BCUT2D eigenvalue weighted by Gasteiger charge is -2.22. The highest BCUT2D eigenvalue weighted by molar-refractivity contribution is 7.15. The van der Waals surface area contributed by atoms with E-state index in [4.69, 9.17) is 0 Å². The van der Waals surface area contributed by atoms with Gasteiger partial charge in [-0.25, -0.2) is 14.4 Å². The highest BCUT2D eigenvalue weighted by Gasteiger charge is 2.24. The summed E-state index contributed by atoms with van der Waals surface area (Å²) in [6, 6.07) is 18.0. The van der Waals surface area contributed by atoms with Crippen LogP contribution < -0.4 is 9.64 Å². The third-order valence-corrected chi connectivity index (χ3v) is 6.59. The van der Waals surface area contributed by atoms with Crippen molar-refractivity contribution in [3.05, 3.63) is 101 Å². The number of halogens is 3. The molecule has 0 aliphatic rings. The Morgan fingerprint density at radius 1 is 1.00 bits per heavy atom. The number of ether oxygens (including phenoxy) is 1. The van der Waals surface area contributed by atoms with Gasteiger partial charge in [0.15, 0.2) is 0 Å². The summed E-state index contributed by atoms with van der Waals surface area (Å²) in [5.74, 6) is -0.981. The second-order valence-electron chi connectivity index (χ2n) is 8.08. The number of carbonyl (C=O) groups is 1. The zero-order valence-electron chi connectivity index (χ0n) is 19.4. The fourth-order valence-corrected chi connectivity index (χ4v) is 4.71. The Labute approximate surface area is 214 Å². The van der Waals surface area contributed by atoms with Crippen molar-refractivity contribution < 1.29 is 22.7 Å². The largest absolute Gasteiger partial charge is 0.435 e. The van der Waals surface area contributed by atoms with Crippen molar-refractivity contribution in [3.8, 4) is 16.3 Å². The molecule has 5 aromatic rings. The van der Waals surface area contributed by atoms with Crippen LogP contribution >= 0.6 is 11.3 Å². The second kappa shape index (κ2) is 10.4. The average Bonchev–Trinajstić information content (AvgIpc) is 3.37. The van der Waals surface area contributed by atoms with Gasteiger partial charge in [-0.3, -0.25) is 14.7 Å². The lowest BCUT2D eigenvalue weighted by molar-refractivity contribution is -0.0502. The zero-order chi connectivity index (χ0) is 25.9. The minimum Gasteiger partial charge on any atom is -0.435 e. The molecule has 0 bridgehead atoms. The summed E-state index contributed by atoms with van der Waals surface area (Å²) >= 11 is 1.31. The van der Waals surface area contributed by atoms with Crippen molar-refractivity contribution in [3.63, 3.8) is 0 Å². The first kappa shape index (κ1) is 24.4. The summed E-state index contributed by atoms with van der Waals surface area (Å²) in [6.45, 7) is -1.21. The van der Waals surface area contributed by atoms with Gasteiger partial charge in [0.25, 0.3) is 5.91 Å². The lowest BCUT2D eigenvalue weighted by Crippen LogP contribution is -2.31. The molecule has 37 heavy (non-hydrogen) atoms. The summed E-state index contributed by atoms with van der Waals surface area (Å²) in [6.07, 6.45) is 2.98. The van der Waals surface area contributed by atoms with E-state index in [-0.39, 0.29) is 23.7 Å². The number of nitrogens with zero attached hydrogens (tertiary/aromatic N) is 4. The molecule has 1 amide bonds. The van der Waals surface area contributed by atoms with Gasteiger partial charge in [-0.2, -0.15) is 8.78 Å². The number of rotatable bonds is 7. The third kappa shape index (κ3) is 5.29. The van der Waals surface area contributed by atoms with Crippen LogP contribution in [0.25, 0.3) is 21.6 Å². The van der Waals surface area contributed by atoms with E-state index < -0.39 is 18.3 Å². The Morgan fingerprint density at radius 2 is 1.76 bits per heavy atom. The number of alkyl halides is 2. The number of aromatic nitrogens is 3. The molecule has 3 aromatic carbocycles. The number of thiazole rings is 1. The minimum absolute atomic E-state index is 0.0392. The zero-order valence-corrected chi connectivity index (χ0v) is 20.3. The maximum absolute atomic E-state index is 14.8. The van der Waals surface area contributed by atoms with Crippen molar-refractivity contribution >= 4 is 34.0 Å². The Balaban J connectivity index is 1.46. The Kier molecular flexibility index (Phi) is 6.82. The molecule has 0 saturated heterocycles. The van der Waals surface area contributed by atoms with Crippen molar-refractivity contribution in [2.45, 2.75) is 20.1 Å². The maximum atomic E-state index is 14.8. The van der Waals surface area contributed by atoms with E-state index in [2.05, 4.69) is 19.7 Å². The quantitative estimate of drug-likeness (QED) is 0.240. The predicted molar refractivity (Wildman–Crippen MR) is 135 cm³/mol. The first-order valence-electron chi connectivity index (χ1n) is 11.2. The van der Waals surface area contributed by atoms with Gasteiger partial charge in [0, 0.05) is 16.6 Å². The van der Waals surface area contributed by atoms with Crippen LogP contribution in [0.15, 0.2) is 79.1 Å². The molecule has 0 unspecified atom stereocenters. The predicted octanol–water partition coefficient (Wildman–Crippen LogP) is 6.65. The molecular weight excluding hydrogens is 501 g/mol. The van der Waals surface area contributed by atoms with Gasteiger partial charge in [0.1, 0.15) is 22.3 Å². The molecule has 10 heteroatoms. The minimum atomic E-state index is -2.91. The van der Waals surface area contributed by atoms with E-state index in [1.165, 1.54) is 40.6 Å². The van der Waals surface area contributed by atoms with Crippen LogP contribution in [0.2, 0.25) is 0 Å². The van der Waals surface area contributed by atoms with E-state index in [0.29, 0.717) is 32.0 Å². The van der Waals surface area contributed by atoms with Gasteiger partial charge in [0.05, 0.1) is 29.5 Å². The lowest BCUT2D eigenvalue weighted by atomic mass is 10.1. The number of amides is 1. The van der Waals surface area contributed by atoms with Gasteiger partial charge in [0.2, 0.25) is 0 Å². The number of anilines is 1. The third-order valence-electron chi connectivity index (χ3n) is 5.56. The van der Waals surface area contributed by atoms with Crippen molar-refractivity contribution in [1.82, 2.24) is 15.0 Å². The van der Waals surface area contributed by atoms with Crippen LogP contribution in [-0.2, 0) is 6.54 Å². The molecular formula is C27H19F3N4O2S. The van der Waals surface area contributed by atoms with Crippen LogP contribution in [0.3, 0.4) is 0 Å². The highest BCUT2D eigenvalue weighted by atomic mass is 32.1. The summed E-state index contributed by atoms with van der Waals surface area (Å²) in [4.78, 5) is 28.7. The molecule has 0 saturated carbocycles. The normalized spacial score (nSPS) is 11.2. The molecule has 0 aliphatic heterocycles. The fourth-order valence-electron chi connectivity index (χ4n) is 3.82. The fraction of sp³-hybridized carbons (Fsp3) is 0.111. The molecule has 2 aromatic heterocycles. The van der Waals surface area contributed by atoms with E-state index in [1.54, 1.807) is 55.6 Å². The van der Waals surface area contributed by atoms with Gasteiger partial charge < -0.3 is 4.74 Å². The summed E-state index contributed by atoms with van der Waals surface area (Å²) in [5.41, 5.74) is 2.62. The van der Waals surface area contributed by atoms with E-state index in [0.717, 1.165) is 0 Å². The smallest absolute Gasteiger partial charge is 0.387 e.